The normalized spacial score (nSPS) is 17.6. The molecule has 0 bridgehead atoms. The highest BCUT2D eigenvalue weighted by atomic mass is 19.4. The van der Waals surface area contributed by atoms with Gasteiger partial charge in [-0.25, -0.2) is 0 Å². The highest BCUT2D eigenvalue weighted by molar-refractivity contribution is 5.65. The monoisotopic (exact) mass is 306 g/mol. The molecule has 0 aliphatic carbocycles. The number of nitriles is 1. The second-order valence-electron chi connectivity index (χ2n) is 4.57. The van der Waals surface area contributed by atoms with Gasteiger partial charge in [-0.1, -0.05) is 30.3 Å². The molecular weight excluding hydrogens is 297 g/mol. The van der Waals surface area contributed by atoms with Crippen LogP contribution >= 0.6 is 0 Å². The van der Waals surface area contributed by atoms with Crippen molar-refractivity contribution in [3.63, 3.8) is 0 Å². The quantitative estimate of drug-likeness (QED) is 0.842. The van der Waals surface area contributed by atoms with Crippen molar-refractivity contribution in [3.05, 3.63) is 47.3 Å². The van der Waals surface area contributed by atoms with Crippen LogP contribution in [0.1, 0.15) is 17.4 Å². The van der Waals surface area contributed by atoms with Crippen LogP contribution in [-0.4, -0.2) is 14.8 Å². The molecule has 0 fully saturated rings. The summed E-state index contributed by atoms with van der Waals surface area (Å²) in [5.41, 5.74) is 6.56. The summed E-state index contributed by atoms with van der Waals surface area (Å²) in [6.07, 6.45) is -4.69. The topological polar surface area (TPSA) is 92.5 Å². The molecule has 0 spiro atoms. The number of anilines is 1. The van der Waals surface area contributed by atoms with E-state index < -0.39 is 18.0 Å². The maximum Gasteiger partial charge on any atom is 0.453 e. The molecule has 1 unspecified atom stereocenters. The number of hydrogen-bond acceptors (Lipinski definition) is 5. The second kappa shape index (κ2) is 4.77. The van der Waals surface area contributed by atoms with Gasteiger partial charge in [-0.15, -0.1) is 5.10 Å². The van der Waals surface area contributed by atoms with E-state index >= 15 is 0 Å². The number of nitrogens with two attached hydrogens (primary N) is 1. The number of fused-ring (bicyclic) bond motifs is 1. The van der Waals surface area contributed by atoms with Gasteiger partial charge in [-0.2, -0.15) is 28.1 Å². The third-order valence-electron chi connectivity index (χ3n) is 3.18. The van der Waals surface area contributed by atoms with Crippen molar-refractivity contribution in [3.8, 4) is 6.07 Å². The fourth-order valence-electron chi connectivity index (χ4n) is 2.17. The molecule has 1 aliphatic rings. The van der Waals surface area contributed by atoms with Crippen molar-refractivity contribution in [2.45, 2.75) is 12.2 Å². The zero-order valence-electron chi connectivity index (χ0n) is 11.0. The smallest absolute Gasteiger partial charge is 0.383 e. The van der Waals surface area contributed by atoms with Crippen LogP contribution in [0, 0.1) is 11.3 Å². The van der Waals surface area contributed by atoms with E-state index in [0.717, 1.165) is 4.68 Å². The Hall–Kier alpha value is -3.02. The van der Waals surface area contributed by atoms with Gasteiger partial charge in [0.05, 0.1) is 11.6 Å². The lowest BCUT2D eigenvalue weighted by Crippen LogP contribution is -2.27. The molecule has 1 atom stereocenters. The van der Waals surface area contributed by atoms with Crippen LogP contribution in [-0.2, 0) is 6.18 Å². The second-order valence-corrected chi connectivity index (χ2v) is 4.57. The first kappa shape index (κ1) is 13.9. The number of nitrogens with one attached hydrogen (secondary N) is 1. The lowest BCUT2D eigenvalue weighted by atomic mass is 9.98. The van der Waals surface area contributed by atoms with E-state index in [-0.39, 0.29) is 17.3 Å². The Bertz CT molecular complexity index is 784. The first-order valence-corrected chi connectivity index (χ1v) is 6.17. The molecule has 9 heteroatoms. The zero-order chi connectivity index (χ0) is 15.9. The molecule has 2 aromatic rings. The van der Waals surface area contributed by atoms with E-state index in [2.05, 4.69) is 15.4 Å². The molecule has 0 saturated heterocycles. The number of rotatable bonds is 1. The van der Waals surface area contributed by atoms with E-state index in [1.807, 2.05) is 6.07 Å². The van der Waals surface area contributed by atoms with Crippen LogP contribution in [0.2, 0.25) is 0 Å². The molecule has 0 radical (unpaired) electrons. The molecule has 2 heterocycles. The Morgan fingerprint density at radius 2 is 1.95 bits per heavy atom. The third kappa shape index (κ3) is 2.14. The highest BCUT2D eigenvalue weighted by Crippen LogP contribution is 2.35. The van der Waals surface area contributed by atoms with Crippen LogP contribution in [0.3, 0.4) is 0 Å². The van der Waals surface area contributed by atoms with E-state index in [9.17, 15) is 18.4 Å². The number of hydrogen-bond donors (Lipinski definition) is 2. The predicted octanol–water partition coefficient (Wildman–Crippen LogP) is 2.11. The minimum absolute atomic E-state index is 0.0809. The first-order chi connectivity index (χ1) is 10.4. The number of halogens is 3. The maximum absolute atomic E-state index is 12.7. The van der Waals surface area contributed by atoms with Gasteiger partial charge in [-0.05, 0) is 5.56 Å². The summed E-state index contributed by atoms with van der Waals surface area (Å²) in [4.78, 5) is 3.41. The Kier molecular flexibility index (Phi) is 3.02. The van der Waals surface area contributed by atoms with Crippen LogP contribution in [0.25, 0.3) is 5.82 Å². The lowest BCUT2D eigenvalue weighted by molar-refractivity contribution is -0.144. The summed E-state index contributed by atoms with van der Waals surface area (Å²) < 4.78 is 38.9. The van der Waals surface area contributed by atoms with Crippen molar-refractivity contribution in [2.75, 3.05) is 5.32 Å². The molecule has 0 saturated carbocycles. The van der Waals surface area contributed by atoms with E-state index in [4.69, 9.17) is 5.73 Å². The Morgan fingerprint density at radius 1 is 1.27 bits per heavy atom. The largest absolute Gasteiger partial charge is 0.453 e. The Labute approximate surface area is 122 Å². The number of benzene rings is 1. The lowest BCUT2D eigenvalue weighted by Gasteiger charge is -2.25. The number of nitrogens with zero attached hydrogens (tertiary/aromatic N) is 4. The molecular formula is C13H9F3N6. The standard InChI is InChI=1S/C13H9F3N6/c14-13(15,16)11-20-12-19-9(7-4-2-1-3-5-7)8(6-17)10(18)22(12)21-11/h1-5,9H,18H2,(H,19,20,21). The average molecular weight is 306 g/mol. The minimum Gasteiger partial charge on any atom is -0.383 e. The third-order valence-corrected chi connectivity index (χ3v) is 3.18. The van der Waals surface area contributed by atoms with Gasteiger partial charge in [-0.3, -0.25) is 0 Å². The number of aromatic nitrogens is 3. The fraction of sp³-hybridized carbons (Fsp3) is 0.154. The number of alkyl halides is 3. The highest BCUT2D eigenvalue weighted by Gasteiger charge is 2.39. The Morgan fingerprint density at radius 3 is 2.55 bits per heavy atom. The van der Waals surface area contributed by atoms with Gasteiger partial charge in [0.1, 0.15) is 11.9 Å². The fourth-order valence-corrected chi connectivity index (χ4v) is 2.17. The van der Waals surface area contributed by atoms with Crippen molar-refractivity contribution < 1.29 is 13.2 Å². The van der Waals surface area contributed by atoms with Crippen molar-refractivity contribution in [2.24, 2.45) is 5.73 Å². The van der Waals surface area contributed by atoms with Gasteiger partial charge in [0.15, 0.2) is 0 Å². The molecule has 1 aromatic heterocycles. The van der Waals surface area contributed by atoms with Crippen molar-refractivity contribution in [1.29, 1.82) is 5.26 Å². The minimum atomic E-state index is -4.69. The molecule has 112 valence electrons. The molecule has 22 heavy (non-hydrogen) atoms. The molecule has 0 amide bonds. The molecule has 6 nitrogen and oxygen atoms in total. The van der Waals surface area contributed by atoms with Crippen LogP contribution in [0.15, 0.2) is 35.9 Å². The summed E-state index contributed by atoms with van der Waals surface area (Å²) in [6.45, 7) is 0. The van der Waals surface area contributed by atoms with Gasteiger partial charge in [0.25, 0.3) is 5.82 Å². The van der Waals surface area contributed by atoms with Gasteiger partial charge in [0, 0.05) is 0 Å². The average Bonchev–Trinajstić information content (AvgIpc) is 2.92. The zero-order valence-corrected chi connectivity index (χ0v) is 11.0. The summed E-state index contributed by atoms with van der Waals surface area (Å²) in [5.74, 6) is -1.64. The van der Waals surface area contributed by atoms with Gasteiger partial charge in [0.2, 0.25) is 5.95 Å². The summed E-state index contributed by atoms with van der Waals surface area (Å²) in [6, 6.07) is 10.00. The van der Waals surface area contributed by atoms with Gasteiger partial charge < -0.3 is 11.1 Å². The predicted molar refractivity (Wildman–Crippen MR) is 70.8 cm³/mol. The SMILES string of the molecule is N#CC1=C(N)n2nc(C(F)(F)F)nc2NC1c1ccccc1. The Balaban J connectivity index is 2.12. The van der Waals surface area contributed by atoms with E-state index in [0.29, 0.717) is 5.56 Å². The molecule has 3 N–H and O–H groups in total. The van der Waals surface area contributed by atoms with Crippen molar-refractivity contribution >= 4 is 11.8 Å². The van der Waals surface area contributed by atoms with Crippen LogP contribution in [0.5, 0.6) is 0 Å². The van der Waals surface area contributed by atoms with Crippen molar-refractivity contribution in [1.82, 2.24) is 14.8 Å². The summed E-state index contributed by atoms with van der Waals surface area (Å²) >= 11 is 0. The van der Waals surface area contributed by atoms with Crippen LogP contribution in [0.4, 0.5) is 19.1 Å². The summed E-state index contributed by atoms with van der Waals surface area (Å²) in [7, 11) is 0. The van der Waals surface area contributed by atoms with E-state index in [1.165, 1.54) is 0 Å². The molecule has 3 rings (SSSR count). The maximum atomic E-state index is 12.7. The van der Waals surface area contributed by atoms with Crippen LogP contribution < -0.4 is 11.1 Å². The molecule has 1 aliphatic heterocycles. The van der Waals surface area contributed by atoms with Gasteiger partial charge >= 0.3 is 6.18 Å². The summed E-state index contributed by atoms with van der Waals surface area (Å²) in [5, 5.41) is 15.4. The first-order valence-electron chi connectivity index (χ1n) is 6.17. The molecule has 1 aromatic carbocycles. The van der Waals surface area contributed by atoms with E-state index in [1.54, 1.807) is 30.3 Å².